The van der Waals surface area contributed by atoms with E-state index in [1.54, 1.807) is 7.05 Å². The summed E-state index contributed by atoms with van der Waals surface area (Å²) in [5.41, 5.74) is 0.410. The van der Waals surface area contributed by atoms with Crippen molar-refractivity contribution < 1.29 is 17.9 Å². The molecule has 1 aromatic heterocycles. The summed E-state index contributed by atoms with van der Waals surface area (Å²) in [5.74, 6) is -0.430. The molecule has 1 rings (SSSR count). The van der Waals surface area contributed by atoms with Gasteiger partial charge in [0, 0.05) is 33.1 Å². The highest BCUT2D eigenvalue weighted by molar-refractivity contribution is 7.89. The highest BCUT2D eigenvalue weighted by Gasteiger charge is 2.19. The number of aromatic nitrogens is 1. The summed E-state index contributed by atoms with van der Waals surface area (Å²) in [4.78, 5) is 15.2. The Labute approximate surface area is 118 Å². The van der Waals surface area contributed by atoms with Crippen LogP contribution < -0.4 is 15.4 Å². The molecule has 112 valence electrons. The third-order valence-corrected chi connectivity index (χ3v) is 3.82. The van der Waals surface area contributed by atoms with Gasteiger partial charge in [-0.2, -0.15) is 0 Å². The molecule has 9 heteroatoms. The molecule has 0 spiro atoms. The number of carbonyl (C=O) groups excluding carboxylic acids is 1. The number of ether oxygens (including phenoxy) is 1. The third-order valence-electron chi connectivity index (χ3n) is 2.39. The van der Waals surface area contributed by atoms with Crippen LogP contribution >= 0.6 is 0 Å². The molecule has 20 heavy (non-hydrogen) atoms. The van der Waals surface area contributed by atoms with Gasteiger partial charge in [-0.25, -0.2) is 13.1 Å². The van der Waals surface area contributed by atoms with Gasteiger partial charge < -0.3 is 15.4 Å². The Morgan fingerprint density at radius 2 is 2.20 bits per heavy atom. The van der Waals surface area contributed by atoms with Crippen LogP contribution in [0, 0.1) is 0 Å². The van der Waals surface area contributed by atoms with E-state index < -0.39 is 15.9 Å². The minimum absolute atomic E-state index is 0.00723. The minimum atomic E-state index is -3.80. The van der Waals surface area contributed by atoms with Crippen LogP contribution in [-0.2, 0) is 19.6 Å². The maximum absolute atomic E-state index is 12.1. The summed E-state index contributed by atoms with van der Waals surface area (Å²) >= 11 is 0. The quantitative estimate of drug-likeness (QED) is 0.540. The van der Waals surface area contributed by atoms with Crippen LogP contribution in [-0.4, -0.2) is 53.2 Å². The van der Waals surface area contributed by atoms with Crippen LogP contribution in [0.5, 0.6) is 0 Å². The predicted molar refractivity (Wildman–Crippen MR) is 73.9 cm³/mol. The van der Waals surface area contributed by atoms with Gasteiger partial charge in [0.2, 0.25) is 15.9 Å². The van der Waals surface area contributed by atoms with Crippen LogP contribution in [0.2, 0.25) is 0 Å². The zero-order valence-electron chi connectivity index (χ0n) is 11.3. The van der Waals surface area contributed by atoms with Crippen molar-refractivity contribution in [1.29, 1.82) is 0 Å². The van der Waals surface area contributed by atoms with E-state index in [-0.39, 0.29) is 11.4 Å². The topological polar surface area (TPSA) is 109 Å². The van der Waals surface area contributed by atoms with E-state index in [0.29, 0.717) is 18.8 Å². The first kappa shape index (κ1) is 16.3. The van der Waals surface area contributed by atoms with Crippen molar-refractivity contribution in [3.63, 3.8) is 0 Å². The highest BCUT2D eigenvalue weighted by Crippen LogP contribution is 2.18. The lowest BCUT2D eigenvalue weighted by Crippen LogP contribution is -2.38. The predicted octanol–water partition coefficient (Wildman–Crippen LogP) is -0.836. The molecule has 0 radical (unpaired) electrons. The number of pyridine rings is 1. The summed E-state index contributed by atoms with van der Waals surface area (Å²) in [6, 6.07) is 1.53. The van der Waals surface area contributed by atoms with Crippen molar-refractivity contribution in [2.24, 2.45) is 0 Å². The van der Waals surface area contributed by atoms with E-state index in [9.17, 15) is 13.2 Å². The molecule has 0 saturated heterocycles. The van der Waals surface area contributed by atoms with Gasteiger partial charge >= 0.3 is 0 Å². The lowest BCUT2D eigenvalue weighted by molar-refractivity contribution is -0.120. The van der Waals surface area contributed by atoms with Gasteiger partial charge in [-0.15, -0.1) is 0 Å². The number of nitrogens with zero attached hydrogens (tertiary/aromatic N) is 1. The highest BCUT2D eigenvalue weighted by atomic mass is 32.2. The molecule has 0 fully saturated rings. The van der Waals surface area contributed by atoms with Crippen LogP contribution in [0.1, 0.15) is 0 Å². The molecule has 1 heterocycles. The Hall–Kier alpha value is -1.71. The van der Waals surface area contributed by atoms with E-state index in [0.717, 1.165) is 0 Å². The first-order chi connectivity index (χ1) is 9.51. The number of hydrogen-bond donors (Lipinski definition) is 3. The average molecular weight is 302 g/mol. The van der Waals surface area contributed by atoms with Crippen molar-refractivity contribution in [2.45, 2.75) is 4.90 Å². The zero-order valence-corrected chi connectivity index (χ0v) is 12.2. The largest absolute Gasteiger partial charge is 0.387 e. The Balaban J connectivity index is 2.64. The second-order valence-corrected chi connectivity index (χ2v) is 5.52. The number of amides is 1. The van der Waals surface area contributed by atoms with Gasteiger partial charge in [0.15, 0.2) is 0 Å². The zero-order chi connectivity index (χ0) is 15.0. The Kier molecular flexibility index (Phi) is 6.36. The van der Waals surface area contributed by atoms with E-state index >= 15 is 0 Å². The van der Waals surface area contributed by atoms with E-state index in [2.05, 4.69) is 20.3 Å². The normalized spacial score (nSPS) is 11.1. The Morgan fingerprint density at radius 3 is 2.85 bits per heavy atom. The summed E-state index contributed by atoms with van der Waals surface area (Å²) < 4.78 is 31.1. The van der Waals surface area contributed by atoms with E-state index in [1.807, 2.05) is 0 Å². The molecule has 0 aromatic carbocycles. The maximum atomic E-state index is 12.1. The van der Waals surface area contributed by atoms with Crippen LogP contribution in [0.25, 0.3) is 0 Å². The van der Waals surface area contributed by atoms with Gasteiger partial charge in [0.25, 0.3) is 0 Å². The Bertz CT molecular complexity index is 547. The maximum Gasteiger partial charge on any atom is 0.244 e. The van der Waals surface area contributed by atoms with Gasteiger partial charge in [-0.3, -0.25) is 9.78 Å². The number of nitrogens with one attached hydrogen (secondary N) is 3. The molecule has 0 aliphatic rings. The second kappa shape index (κ2) is 7.78. The molecular weight excluding hydrogens is 284 g/mol. The van der Waals surface area contributed by atoms with E-state index in [4.69, 9.17) is 4.74 Å². The number of carbonyl (C=O) groups is 1. The average Bonchev–Trinajstić information content (AvgIpc) is 2.45. The summed E-state index contributed by atoms with van der Waals surface area (Å²) in [6.45, 7) is 0.348. The van der Waals surface area contributed by atoms with Gasteiger partial charge in [-0.05, 0) is 6.07 Å². The fraction of sp³-hybridized carbons (Fsp3) is 0.455. The number of anilines is 1. The minimum Gasteiger partial charge on any atom is -0.387 e. The van der Waals surface area contributed by atoms with Gasteiger partial charge in [0.1, 0.15) is 4.90 Å². The van der Waals surface area contributed by atoms with Crippen molar-refractivity contribution in [1.82, 2.24) is 15.0 Å². The Morgan fingerprint density at radius 1 is 1.45 bits per heavy atom. The third kappa shape index (κ3) is 4.76. The summed E-state index contributed by atoms with van der Waals surface area (Å²) in [5, 5.41) is 5.27. The van der Waals surface area contributed by atoms with Crippen molar-refractivity contribution in [2.75, 3.05) is 39.2 Å². The summed E-state index contributed by atoms with van der Waals surface area (Å²) in [6.07, 6.45) is 2.69. The van der Waals surface area contributed by atoms with Crippen LogP contribution in [0.15, 0.2) is 23.4 Å². The van der Waals surface area contributed by atoms with Crippen LogP contribution in [0.3, 0.4) is 0 Å². The smallest absolute Gasteiger partial charge is 0.244 e. The first-order valence-electron chi connectivity index (χ1n) is 5.88. The molecule has 0 atom stereocenters. The second-order valence-electron chi connectivity index (χ2n) is 3.79. The molecule has 0 aliphatic carbocycles. The molecule has 3 N–H and O–H groups in total. The molecule has 0 unspecified atom stereocenters. The van der Waals surface area contributed by atoms with Crippen molar-refractivity contribution >= 4 is 21.6 Å². The fourth-order valence-corrected chi connectivity index (χ4v) is 2.53. The number of methoxy groups -OCH3 is 1. The van der Waals surface area contributed by atoms with Crippen molar-refractivity contribution in [3.05, 3.63) is 18.5 Å². The standard InChI is InChI=1S/C11H18N4O4S/c1-12-9-3-4-13-7-10(9)20(17,18)15-8-11(16)14-5-6-19-2/h3-4,7,15H,5-6,8H2,1-2H3,(H,12,13)(H,14,16). The van der Waals surface area contributed by atoms with Crippen LogP contribution in [0.4, 0.5) is 5.69 Å². The van der Waals surface area contributed by atoms with Crippen molar-refractivity contribution in [3.8, 4) is 0 Å². The first-order valence-corrected chi connectivity index (χ1v) is 7.36. The molecule has 0 bridgehead atoms. The van der Waals surface area contributed by atoms with E-state index in [1.165, 1.54) is 25.6 Å². The molecule has 8 nitrogen and oxygen atoms in total. The molecule has 0 aliphatic heterocycles. The lowest BCUT2D eigenvalue weighted by Gasteiger charge is -2.10. The molecule has 1 aromatic rings. The monoisotopic (exact) mass is 302 g/mol. The summed E-state index contributed by atoms with van der Waals surface area (Å²) in [7, 11) is -0.682. The number of sulfonamides is 1. The molecular formula is C11H18N4O4S. The lowest BCUT2D eigenvalue weighted by atomic mass is 10.4. The molecule has 1 amide bonds. The van der Waals surface area contributed by atoms with Gasteiger partial charge in [-0.1, -0.05) is 0 Å². The molecule has 0 saturated carbocycles. The SMILES string of the molecule is CNc1ccncc1S(=O)(=O)NCC(=O)NCCOC. The van der Waals surface area contributed by atoms with Gasteiger partial charge in [0.05, 0.1) is 18.8 Å². The fourth-order valence-electron chi connectivity index (χ4n) is 1.39. The number of hydrogen-bond acceptors (Lipinski definition) is 6. The number of rotatable bonds is 8.